The van der Waals surface area contributed by atoms with Crippen LogP contribution in [-0.2, 0) is 17.6 Å². The van der Waals surface area contributed by atoms with E-state index in [-0.39, 0.29) is 29.9 Å². The maximum Gasteiger partial charge on any atom is 0.263 e. The lowest BCUT2D eigenvalue weighted by Gasteiger charge is -2.22. The summed E-state index contributed by atoms with van der Waals surface area (Å²) in [5.74, 6) is -0.373. The highest BCUT2D eigenvalue weighted by Gasteiger charge is 2.16. The first kappa shape index (κ1) is 26.3. The van der Waals surface area contributed by atoms with Gasteiger partial charge in [-0.2, -0.15) is 5.26 Å². The van der Waals surface area contributed by atoms with Crippen LogP contribution in [0.3, 0.4) is 0 Å². The van der Waals surface area contributed by atoms with Gasteiger partial charge in [0.1, 0.15) is 11.6 Å². The molecule has 1 unspecified atom stereocenters. The van der Waals surface area contributed by atoms with Gasteiger partial charge in [-0.05, 0) is 93.8 Å². The molecule has 0 aromatic heterocycles. The third kappa shape index (κ3) is 6.52. The van der Waals surface area contributed by atoms with E-state index in [9.17, 15) is 10.1 Å². The highest BCUT2D eigenvalue weighted by molar-refractivity contribution is 5.97. The van der Waals surface area contributed by atoms with Crippen LogP contribution in [0.15, 0.2) is 48.2 Å². The Bertz CT molecular complexity index is 1040. The molecule has 0 saturated carbocycles. The number of nitriles is 1. The quantitative estimate of drug-likeness (QED) is 0.464. The van der Waals surface area contributed by atoms with Gasteiger partial charge in [0.15, 0.2) is 0 Å². The van der Waals surface area contributed by atoms with Crippen molar-refractivity contribution < 1.29 is 17.2 Å². The second kappa shape index (κ2) is 12.3. The van der Waals surface area contributed by atoms with Crippen LogP contribution in [0.4, 0.5) is 11.4 Å². The first-order valence-electron chi connectivity index (χ1n) is 11.6. The Labute approximate surface area is 204 Å². The van der Waals surface area contributed by atoms with Crippen LogP contribution in [0.5, 0.6) is 0 Å². The lowest BCUT2D eigenvalue weighted by atomic mass is 9.89. The summed E-state index contributed by atoms with van der Waals surface area (Å²) < 4.78 is 0. The topological polar surface area (TPSA) is 68.2 Å². The van der Waals surface area contributed by atoms with Crippen molar-refractivity contribution in [2.24, 2.45) is 0 Å². The molecule has 0 bridgehead atoms. The fraction of sp³-hybridized carbons (Fsp3) is 0.407. The normalized spacial score (nSPS) is 13.7. The molecule has 0 saturated heterocycles. The SMILES string of the molecule is CCN(CC)c1ccc(N/C=C(/C#N)C(=O)NC(C)c2ccc3c(c2)CCCC3)c(C)c1.[Cl-]. The molecular weight excluding hydrogens is 432 g/mol. The summed E-state index contributed by atoms with van der Waals surface area (Å²) in [6.07, 6.45) is 6.20. The number of carbonyl (C=O) groups excluding carboxylic acids is 1. The van der Waals surface area contributed by atoms with Crippen LogP contribution in [0.1, 0.15) is 61.9 Å². The molecular formula is C27H34ClN4O-. The maximum absolute atomic E-state index is 12.7. The number of carbonyl (C=O) groups is 1. The minimum absolute atomic E-state index is 0. The lowest BCUT2D eigenvalue weighted by Crippen LogP contribution is -3.00. The number of anilines is 2. The Kier molecular flexibility index (Phi) is 9.81. The Balaban J connectivity index is 0.00000385. The maximum atomic E-state index is 12.7. The summed E-state index contributed by atoms with van der Waals surface area (Å²) in [7, 11) is 0. The minimum atomic E-state index is -0.373. The number of nitrogens with zero attached hydrogens (tertiary/aromatic N) is 2. The zero-order valence-electron chi connectivity index (χ0n) is 20.0. The van der Waals surface area contributed by atoms with Crippen molar-refractivity contribution in [1.82, 2.24) is 5.32 Å². The van der Waals surface area contributed by atoms with E-state index in [0.717, 1.165) is 42.7 Å². The summed E-state index contributed by atoms with van der Waals surface area (Å²) in [6, 6.07) is 14.5. The Morgan fingerprint density at radius 3 is 2.45 bits per heavy atom. The second-order valence-electron chi connectivity index (χ2n) is 8.42. The number of halogens is 1. The van der Waals surface area contributed by atoms with Crippen LogP contribution in [0.2, 0.25) is 0 Å². The first-order valence-corrected chi connectivity index (χ1v) is 11.6. The molecule has 2 aromatic carbocycles. The number of benzene rings is 2. The summed E-state index contributed by atoms with van der Waals surface area (Å²) in [5, 5.41) is 15.6. The largest absolute Gasteiger partial charge is 1.00 e. The zero-order valence-corrected chi connectivity index (χ0v) is 20.8. The van der Waals surface area contributed by atoms with Gasteiger partial charge in [0.05, 0.1) is 6.04 Å². The molecule has 5 nitrogen and oxygen atoms in total. The number of hydrogen-bond acceptors (Lipinski definition) is 4. The molecule has 176 valence electrons. The summed E-state index contributed by atoms with van der Waals surface area (Å²) in [6.45, 7) is 10.1. The van der Waals surface area contributed by atoms with Crippen LogP contribution in [0, 0.1) is 18.3 Å². The molecule has 0 aliphatic heterocycles. The van der Waals surface area contributed by atoms with E-state index in [1.807, 2.05) is 26.0 Å². The van der Waals surface area contributed by atoms with Gasteiger partial charge in [0.25, 0.3) is 5.91 Å². The third-order valence-electron chi connectivity index (χ3n) is 6.30. The molecule has 0 fully saturated rings. The Hall–Kier alpha value is -2.97. The fourth-order valence-electron chi connectivity index (χ4n) is 4.27. The standard InChI is InChI=1S/C27H34N4O.ClH/c1-5-31(6-2)25-13-14-26(19(3)15-25)29-18-24(17-28)27(32)30-20(4)22-12-11-21-9-7-8-10-23(21)16-22;/h11-16,18,20,29H,5-10H2,1-4H3,(H,30,32);1H/p-1/b24-18-;. The van der Waals surface area contributed by atoms with Gasteiger partial charge in [-0.1, -0.05) is 18.2 Å². The molecule has 1 aliphatic carbocycles. The molecule has 1 aliphatic rings. The predicted octanol–water partition coefficient (Wildman–Crippen LogP) is 2.42. The summed E-state index contributed by atoms with van der Waals surface area (Å²) in [5.41, 5.74) is 7.04. The average molecular weight is 466 g/mol. The van der Waals surface area contributed by atoms with Gasteiger partial charge in [0.2, 0.25) is 0 Å². The van der Waals surface area contributed by atoms with E-state index >= 15 is 0 Å². The predicted molar refractivity (Wildman–Crippen MR) is 132 cm³/mol. The molecule has 0 radical (unpaired) electrons. The smallest absolute Gasteiger partial charge is 0.263 e. The molecule has 33 heavy (non-hydrogen) atoms. The minimum Gasteiger partial charge on any atom is -1.00 e. The molecule has 1 amide bonds. The molecule has 6 heteroatoms. The molecule has 0 spiro atoms. The highest BCUT2D eigenvalue weighted by atomic mass is 35.5. The number of rotatable bonds is 8. The lowest BCUT2D eigenvalue weighted by molar-refractivity contribution is -0.117. The van der Waals surface area contributed by atoms with Crippen molar-refractivity contribution in [3.8, 4) is 6.07 Å². The summed E-state index contributed by atoms with van der Waals surface area (Å²) >= 11 is 0. The van der Waals surface area contributed by atoms with Gasteiger partial charge in [-0.15, -0.1) is 0 Å². The van der Waals surface area contributed by atoms with Gasteiger partial charge in [-0.25, -0.2) is 0 Å². The average Bonchev–Trinajstić information content (AvgIpc) is 2.81. The van der Waals surface area contributed by atoms with Gasteiger partial charge in [-0.3, -0.25) is 4.79 Å². The van der Waals surface area contributed by atoms with Crippen LogP contribution in [0.25, 0.3) is 0 Å². The third-order valence-corrected chi connectivity index (χ3v) is 6.30. The number of nitrogens with one attached hydrogen (secondary N) is 2. The van der Waals surface area contributed by atoms with Crippen molar-refractivity contribution >= 4 is 17.3 Å². The Morgan fingerprint density at radius 2 is 1.82 bits per heavy atom. The molecule has 2 aromatic rings. The second-order valence-corrected chi connectivity index (χ2v) is 8.42. The number of fused-ring (bicyclic) bond motifs is 1. The van der Waals surface area contributed by atoms with E-state index in [1.54, 1.807) is 0 Å². The summed E-state index contributed by atoms with van der Waals surface area (Å²) in [4.78, 5) is 15.0. The highest BCUT2D eigenvalue weighted by Crippen LogP contribution is 2.25. The van der Waals surface area contributed by atoms with Crippen molar-refractivity contribution in [2.45, 2.75) is 59.4 Å². The first-order chi connectivity index (χ1) is 15.5. The van der Waals surface area contributed by atoms with E-state index < -0.39 is 0 Å². The molecule has 0 heterocycles. The van der Waals surface area contributed by atoms with Crippen molar-refractivity contribution in [3.63, 3.8) is 0 Å². The number of hydrogen-bond donors (Lipinski definition) is 2. The van der Waals surface area contributed by atoms with Gasteiger partial charge < -0.3 is 27.9 Å². The van der Waals surface area contributed by atoms with Crippen LogP contribution < -0.4 is 27.9 Å². The molecule has 2 N–H and O–H groups in total. The van der Waals surface area contributed by atoms with Gasteiger partial charge in [0, 0.05) is 30.7 Å². The van der Waals surface area contributed by atoms with Crippen LogP contribution in [-0.4, -0.2) is 19.0 Å². The zero-order chi connectivity index (χ0) is 23.1. The van der Waals surface area contributed by atoms with Crippen molar-refractivity contribution in [3.05, 3.63) is 70.4 Å². The number of amides is 1. The van der Waals surface area contributed by atoms with Crippen molar-refractivity contribution in [2.75, 3.05) is 23.3 Å². The number of aryl methyl sites for hydroxylation is 3. The monoisotopic (exact) mass is 465 g/mol. The molecule has 3 rings (SSSR count). The Morgan fingerprint density at radius 1 is 1.12 bits per heavy atom. The van der Waals surface area contributed by atoms with E-state index in [2.05, 4.69) is 59.7 Å². The fourth-order valence-corrected chi connectivity index (χ4v) is 4.27. The van der Waals surface area contributed by atoms with Crippen LogP contribution >= 0.6 is 0 Å². The van der Waals surface area contributed by atoms with Gasteiger partial charge >= 0.3 is 0 Å². The van der Waals surface area contributed by atoms with Crippen molar-refractivity contribution in [1.29, 1.82) is 5.26 Å². The van der Waals surface area contributed by atoms with E-state index in [0.29, 0.717) is 0 Å². The van der Waals surface area contributed by atoms with E-state index in [4.69, 9.17) is 0 Å². The molecule has 1 atom stereocenters. The van der Waals surface area contributed by atoms with E-state index in [1.165, 1.54) is 35.9 Å².